The molecule has 0 spiro atoms. The monoisotopic (exact) mass is 271 g/mol. The van der Waals surface area contributed by atoms with Crippen molar-refractivity contribution in [1.29, 1.82) is 0 Å². The molecule has 0 saturated carbocycles. The highest BCUT2D eigenvalue weighted by Crippen LogP contribution is 2.19. The van der Waals surface area contributed by atoms with Crippen LogP contribution in [0.1, 0.15) is 31.4 Å². The summed E-state index contributed by atoms with van der Waals surface area (Å²) in [4.78, 5) is 0. The average Bonchev–Trinajstić information content (AvgIpc) is 2.37. The van der Waals surface area contributed by atoms with E-state index in [4.69, 9.17) is 5.11 Å². The second-order valence-electron chi connectivity index (χ2n) is 4.34. The topological polar surface area (TPSA) is 32.3 Å². The van der Waals surface area contributed by atoms with Crippen molar-refractivity contribution in [3.63, 3.8) is 0 Å². The van der Waals surface area contributed by atoms with Crippen LogP contribution in [0.25, 0.3) is 0 Å². The van der Waals surface area contributed by atoms with Crippen molar-refractivity contribution in [3.8, 4) is 0 Å². The summed E-state index contributed by atoms with van der Waals surface area (Å²) < 4.78 is 12.9. The average molecular weight is 271 g/mol. The molecule has 0 aliphatic carbocycles. The Balaban J connectivity index is 2.67. The van der Waals surface area contributed by atoms with E-state index in [2.05, 4.69) is 18.5 Å². The maximum Gasteiger partial charge on any atom is 0.123 e. The van der Waals surface area contributed by atoms with Crippen molar-refractivity contribution >= 4 is 11.8 Å². The van der Waals surface area contributed by atoms with E-state index >= 15 is 0 Å². The van der Waals surface area contributed by atoms with Gasteiger partial charge in [-0.05, 0) is 36.8 Å². The number of thioether (sulfide) groups is 1. The SMILES string of the molecule is CCC(NC(CCO)CSC)c1ccc(F)cc1. The van der Waals surface area contributed by atoms with E-state index in [1.165, 1.54) is 12.1 Å². The Morgan fingerprint density at radius 2 is 2.00 bits per heavy atom. The van der Waals surface area contributed by atoms with Gasteiger partial charge < -0.3 is 10.4 Å². The minimum absolute atomic E-state index is 0.193. The summed E-state index contributed by atoms with van der Waals surface area (Å²) in [6, 6.07) is 7.15. The van der Waals surface area contributed by atoms with Crippen LogP contribution < -0.4 is 5.32 Å². The van der Waals surface area contributed by atoms with Gasteiger partial charge in [-0.1, -0.05) is 19.1 Å². The van der Waals surface area contributed by atoms with E-state index in [1.807, 2.05) is 12.1 Å². The fourth-order valence-corrected chi connectivity index (χ4v) is 2.67. The maximum atomic E-state index is 12.9. The number of benzene rings is 1. The largest absolute Gasteiger partial charge is 0.396 e. The Morgan fingerprint density at radius 1 is 1.33 bits per heavy atom. The maximum absolute atomic E-state index is 12.9. The number of hydrogen-bond donors (Lipinski definition) is 2. The Kier molecular flexibility index (Phi) is 7.32. The highest BCUT2D eigenvalue weighted by atomic mass is 32.2. The first-order chi connectivity index (χ1) is 8.71. The lowest BCUT2D eigenvalue weighted by Crippen LogP contribution is -2.35. The fraction of sp³-hybridized carbons (Fsp3) is 0.571. The molecule has 0 amide bonds. The molecule has 2 nitrogen and oxygen atoms in total. The van der Waals surface area contributed by atoms with Gasteiger partial charge >= 0.3 is 0 Å². The molecule has 0 fully saturated rings. The predicted octanol–water partition coefficient (Wildman–Crippen LogP) is 2.98. The van der Waals surface area contributed by atoms with Gasteiger partial charge in [0.15, 0.2) is 0 Å². The van der Waals surface area contributed by atoms with Gasteiger partial charge in [0.05, 0.1) is 0 Å². The van der Waals surface area contributed by atoms with Crippen molar-refractivity contribution in [3.05, 3.63) is 35.6 Å². The van der Waals surface area contributed by atoms with Crippen molar-refractivity contribution in [2.75, 3.05) is 18.6 Å². The zero-order chi connectivity index (χ0) is 13.4. The first kappa shape index (κ1) is 15.5. The second-order valence-corrected chi connectivity index (χ2v) is 5.25. The predicted molar refractivity (Wildman–Crippen MR) is 76.4 cm³/mol. The van der Waals surface area contributed by atoms with Gasteiger partial charge in [0, 0.05) is 24.4 Å². The fourth-order valence-electron chi connectivity index (χ4n) is 2.00. The molecular weight excluding hydrogens is 249 g/mol. The van der Waals surface area contributed by atoms with E-state index in [-0.39, 0.29) is 18.5 Å². The molecule has 0 heterocycles. The minimum Gasteiger partial charge on any atom is -0.396 e. The summed E-state index contributed by atoms with van der Waals surface area (Å²) in [6.07, 6.45) is 3.76. The highest BCUT2D eigenvalue weighted by Gasteiger charge is 2.15. The van der Waals surface area contributed by atoms with Crippen LogP contribution in [0.15, 0.2) is 24.3 Å². The molecule has 4 heteroatoms. The van der Waals surface area contributed by atoms with Crippen LogP contribution >= 0.6 is 11.8 Å². The van der Waals surface area contributed by atoms with Crippen LogP contribution in [0.2, 0.25) is 0 Å². The van der Waals surface area contributed by atoms with Crippen molar-refractivity contribution < 1.29 is 9.50 Å². The van der Waals surface area contributed by atoms with Crippen LogP contribution in [-0.4, -0.2) is 29.8 Å². The Labute approximate surface area is 113 Å². The summed E-state index contributed by atoms with van der Waals surface area (Å²) in [5.41, 5.74) is 1.10. The molecule has 102 valence electrons. The first-order valence-corrected chi connectivity index (χ1v) is 7.72. The van der Waals surface area contributed by atoms with E-state index in [0.29, 0.717) is 6.04 Å². The van der Waals surface area contributed by atoms with Crippen molar-refractivity contribution in [2.24, 2.45) is 0 Å². The molecule has 0 radical (unpaired) electrons. The molecule has 2 N–H and O–H groups in total. The number of halogens is 1. The molecule has 0 aliphatic rings. The second kappa shape index (κ2) is 8.51. The van der Waals surface area contributed by atoms with Crippen molar-refractivity contribution in [2.45, 2.75) is 31.8 Å². The number of nitrogens with one attached hydrogen (secondary N) is 1. The van der Waals surface area contributed by atoms with E-state index in [1.54, 1.807) is 11.8 Å². The Hall–Kier alpha value is -0.580. The van der Waals surface area contributed by atoms with Crippen LogP contribution in [0.5, 0.6) is 0 Å². The molecule has 1 aromatic rings. The molecule has 0 aromatic heterocycles. The number of hydrogen-bond acceptors (Lipinski definition) is 3. The molecule has 1 aromatic carbocycles. The lowest BCUT2D eigenvalue weighted by Gasteiger charge is -2.24. The lowest BCUT2D eigenvalue weighted by atomic mass is 10.0. The van der Waals surface area contributed by atoms with Crippen LogP contribution in [0.4, 0.5) is 4.39 Å². The smallest absolute Gasteiger partial charge is 0.123 e. The van der Waals surface area contributed by atoms with Crippen LogP contribution in [0.3, 0.4) is 0 Å². The Morgan fingerprint density at radius 3 is 2.50 bits per heavy atom. The summed E-state index contributed by atoms with van der Waals surface area (Å²) in [7, 11) is 0. The molecule has 0 aliphatic heterocycles. The standard InChI is InChI=1S/C14H22FNOS/c1-3-14(11-4-6-12(15)7-5-11)16-13(8-9-17)10-18-2/h4-7,13-14,16-17H,3,8-10H2,1-2H3. The van der Waals surface area contributed by atoms with E-state index < -0.39 is 0 Å². The number of aliphatic hydroxyl groups excluding tert-OH is 1. The summed E-state index contributed by atoms with van der Waals surface area (Å²) in [5, 5.41) is 12.6. The zero-order valence-electron chi connectivity index (χ0n) is 11.0. The number of rotatable bonds is 8. The van der Waals surface area contributed by atoms with Gasteiger partial charge in [0.1, 0.15) is 5.82 Å². The molecule has 1 rings (SSSR count). The van der Waals surface area contributed by atoms with Gasteiger partial charge in [-0.3, -0.25) is 0 Å². The highest BCUT2D eigenvalue weighted by molar-refractivity contribution is 7.98. The van der Waals surface area contributed by atoms with Crippen LogP contribution in [0, 0.1) is 5.82 Å². The normalized spacial score (nSPS) is 14.4. The van der Waals surface area contributed by atoms with Gasteiger partial charge in [0.2, 0.25) is 0 Å². The van der Waals surface area contributed by atoms with Crippen LogP contribution in [-0.2, 0) is 0 Å². The third-order valence-electron chi connectivity index (χ3n) is 2.96. The minimum atomic E-state index is -0.204. The van der Waals surface area contributed by atoms with Gasteiger partial charge in [-0.25, -0.2) is 4.39 Å². The molecule has 0 saturated heterocycles. The van der Waals surface area contributed by atoms with E-state index in [9.17, 15) is 4.39 Å². The Bertz CT molecular complexity index is 325. The summed E-state index contributed by atoms with van der Waals surface area (Å²) in [6.45, 7) is 2.30. The lowest BCUT2D eigenvalue weighted by molar-refractivity contribution is 0.263. The molecular formula is C14H22FNOS. The van der Waals surface area contributed by atoms with Gasteiger partial charge in [0.25, 0.3) is 0 Å². The third-order valence-corrected chi connectivity index (χ3v) is 3.70. The quantitative estimate of drug-likeness (QED) is 0.762. The summed E-state index contributed by atoms with van der Waals surface area (Å²) in [5.74, 6) is 0.766. The third kappa shape index (κ3) is 4.96. The first-order valence-electron chi connectivity index (χ1n) is 6.32. The molecule has 18 heavy (non-hydrogen) atoms. The molecule has 2 atom stereocenters. The van der Waals surface area contributed by atoms with Gasteiger partial charge in [-0.15, -0.1) is 0 Å². The number of aliphatic hydroxyl groups is 1. The van der Waals surface area contributed by atoms with Gasteiger partial charge in [-0.2, -0.15) is 11.8 Å². The molecule has 0 bridgehead atoms. The molecule has 2 unspecified atom stereocenters. The van der Waals surface area contributed by atoms with E-state index in [0.717, 1.165) is 24.2 Å². The zero-order valence-corrected chi connectivity index (χ0v) is 11.8. The van der Waals surface area contributed by atoms with Crippen molar-refractivity contribution in [1.82, 2.24) is 5.32 Å². The summed E-state index contributed by atoms with van der Waals surface area (Å²) >= 11 is 1.77.